The van der Waals surface area contributed by atoms with Crippen molar-refractivity contribution in [1.82, 2.24) is 24.7 Å². The topological polar surface area (TPSA) is 108 Å². The van der Waals surface area contributed by atoms with E-state index in [2.05, 4.69) is 9.97 Å². The Morgan fingerprint density at radius 2 is 1.54 bits per heavy atom. The molecular formula is C36H35F6N5O5. The van der Waals surface area contributed by atoms with Crippen molar-refractivity contribution in [2.75, 3.05) is 26.7 Å². The molecule has 2 unspecified atom stereocenters. The van der Waals surface area contributed by atoms with Crippen LogP contribution in [0.4, 0.5) is 31.1 Å². The van der Waals surface area contributed by atoms with Crippen LogP contribution in [0.5, 0.6) is 5.75 Å². The molecule has 10 nitrogen and oxygen atoms in total. The van der Waals surface area contributed by atoms with E-state index >= 15 is 0 Å². The number of imidazole rings is 1. The second-order valence-electron chi connectivity index (χ2n) is 12.3. The van der Waals surface area contributed by atoms with Gasteiger partial charge in [0.25, 0.3) is 0 Å². The van der Waals surface area contributed by atoms with E-state index in [1.807, 2.05) is 25.1 Å². The first-order valence-electron chi connectivity index (χ1n) is 16.0. The van der Waals surface area contributed by atoms with Gasteiger partial charge in [-0.15, -0.1) is 0 Å². The number of ether oxygens (including phenoxy) is 2. The predicted octanol–water partition coefficient (Wildman–Crippen LogP) is 6.46. The highest BCUT2D eigenvalue weighted by atomic mass is 19.4. The molecule has 0 radical (unpaired) electrons. The van der Waals surface area contributed by atoms with Gasteiger partial charge >= 0.3 is 18.4 Å². The number of carbonyl (C=O) groups excluding carboxylic acids is 3. The van der Waals surface area contributed by atoms with Crippen molar-refractivity contribution >= 4 is 17.9 Å². The van der Waals surface area contributed by atoms with E-state index in [9.17, 15) is 40.7 Å². The number of aromatic nitrogens is 2. The second kappa shape index (κ2) is 15.8. The molecule has 2 aliphatic rings. The number of piperazine rings is 1. The maximum absolute atomic E-state index is 13.6. The van der Waals surface area contributed by atoms with Gasteiger partial charge in [-0.2, -0.15) is 26.3 Å². The number of aromatic amines is 1. The quantitative estimate of drug-likeness (QED) is 0.219. The van der Waals surface area contributed by atoms with Crippen LogP contribution in [0.2, 0.25) is 0 Å². The molecule has 16 heteroatoms. The average Bonchev–Trinajstić information content (AvgIpc) is 3.60. The van der Waals surface area contributed by atoms with E-state index in [0.29, 0.717) is 17.9 Å². The third-order valence-corrected chi connectivity index (χ3v) is 8.55. The van der Waals surface area contributed by atoms with Crippen molar-refractivity contribution < 1.29 is 50.2 Å². The smallest absolute Gasteiger partial charge is 0.416 e. The van der Waals surface area contributed by atoms with Crippen LogP contribution >= 0.6 is 0 Å². The SMILES string of the molecule is COc1ccc(CC2CN(C(=O)OCc3cc(C(F)(F)F)cc(C(F)(F)F)c3)C3CN(Cc4ccccc4)C(=O)CN3C2=O)cc1.Cc1cnc[nH]1. The van der Waals surface area contributed by atoms with Gasteiger partial charge in [0.2, 0.25) is 11.8 Å². The van der Waals surface area contributed by atoms with Crippen LogP contribution in [0.3, 0.4) is 0 Å². The first-order valence-corrected chi connectivity index (χ1v) is 16.0. The van der Waals surface area contributed by atoms with Crippen LogP contribution in [0.15, 0.2) is 85.3 Å². The molecule has 0 spiro atoms. The van der Waals surface area contributed by atoms with E-state index in [1.54, 1.807) is 48.9 Å². The number of aryl methyl sites for hydroxylation is 1. The number of methoxy groups -OCH3 is 1. The van der Waals surface area contributed by atoms with Gasteiger partial charge in [0, 0.05) is 25.0 Å². The summed E-state index contributed by atoms with van der Waals surface area (Å²) in [5.74, 6) is -0.941. The Hall–Kier alpha value is -5.54. The number of halogens is 6. The highest BCUT2D eigenvalue weighted by Crippen LogP contribution is 2.37. The third kappa shape index (κ3) is 9.41. The fraction of sp³-hybridized carbons (Fsp3) is 0.333. The van der Waals surface area contributed by atoms with Crippen LogP contribution in [0.1, 0.15) is 33.5 Å². The first kappa shape index (κ1) is 37.7. The van der Waals surface area contributed by atoms with Gasteiger partial charge in [-0.05, 0) is 60.4 Å². The van der Waals surface area contributed by atoms with Crippen molar-refractivity contribution in [2.45, 2.75) is 45.0 Å². The number of hydrogen-bond acceptors (Lipinski definition) is 6. The summed E-state index contributed by atoms with van der Waals surface area (Å²) in [6, 6.07) is 16.9. The summed E-state index contributed by atoms with van der Waals surface area (Å²) in [4.78, 5) is 50.9. The number of benzene rings is 3. The lowest BCUT2D eigenvalue weighted by molar-refractivity contribution is -0.165. The number of amides is 3. The highest BCUT2D eigenvalue weighted by molar-refractivity contribution is 5.89. The zero-order chi connectivity index (χ0) is 37.6. The van der Waals surface area contributed by atoms with Crippen molar-refractivity contribution in [3.05, 3.63) is 119 Å². The number of H-pyrrole nitrogens is 1. The van der Waals surface area contributed by atoms with Crippen molar-refractivity contribution in [2.24, 2.45) is 5.92 Å². The average molecular weight is 732 g/mol. The lowest BCUT2D eigenvalue weighted by Gasteiger charge is -2.50. The van der Waals surface area contributed by atoms with Gasteiger partial charge in [0.05, 0.1) is 37.0 Å². The first-order chi connectivity index (χ1) is 24.6. The zero-order valence-corrected chi connectivity index (χ0v) is 28.1. The number of nitrogens with one attached hydrogen (secondary N) is 1. The molecular weight excluding hydrogens is 696 g/mol. The van der Waals surface area contributed by atoms with Crippen LogP contribution in [0, 0.1) is 12.8 Å². The van der Waals surface area contributed by atoms with Crippen molar-refractivity contribution in [1.29, 1.82) is 0 Å². The zero-order valence-electron chi connectivity index (χ0n) is 28.1. The van der Waals surface area contributed by atoms with Gasteiger partial charge in [-0.25, -0.2) is 9.78 Å². The van der Waals surface area contributed by atoms with Crippen molar-refractivity contribution in [3.63, 3.8) is 0 Å². The maximum atomic E-state index is 13.6. The lowest BCUT2D eigenvalue weighted by atomic mass is 9.93. The largest absolute Gasteiger partial charge is 0.497 e. The summed E-state index contributed by atoms with van der Waals surface area (Å²) < 4.78 is 90.7. The molecule has 3 heterocycles. The normalized spacial score (nSPS) is 17.7. The molecule has 0 aliphatic carbocycles. The fourth-order valence-corrected chi connectivity index (χ4v) is 5.92. The van der Waals surface area contributed by atoms with Gasteiger partial charge in [0.1, 0.15) is 25.1 Å². The lowest BCUT2D eigenvalue weighted by Crippen LogP contribution is -2.69. The molecule has 0 saturated carbocycles. The van der Waals surface area contributed by atoms with Crippen LogP contribution in [-0.4, -0.2) is 75.5 Å². The Morgan fingerprint density at radius 1 is 0.885 bits per heavy atom. The molecule has 276 valence electrons. The van der Waals surface area contributed by atoms with E-state index in [1.165, 1.54) is 21.8 Å². The Morgan fingerprint density at radius 3 is 2.08 bits per heavy atom. The Balaban J connectivity index is 0.000000790. The van der Waals surface area contributed by atoms with E-state index in [4.69, 9.17) is 9.47 Å². The summed E-state index contributed by atoms with van der Waals surface area (Å²) >= 11 is 0. The summed E-state index contributed by atoms with van der Waals surface area (Å²) in [6.07, 6.45) is -8.54. The molecule has 2 aliphatic heterocycles. The molecule has 1 N–H and O–H groups in total. The summed E-state index contributed by atoms with van der Waals surface area (Å²) in [6.45, 7) is 0.703. The molecule has 2 fully saturated rings. The number of rotatable bonds is 7. The van der Waals surface area contributed by atoms with E-state index in [-0.39, 0.29) is 50.5 Å². The monoisotopic (exact) mass is 731 g/mol. The Kier molecular flexibility index (Phi) is 11.4. The number of fused-ring (bicyclic) bond motifs is 1. The molecule has 3 amide bonds. The fourth-order valence-electron chi connectivity index (χ4n) is 5.92. The maximum Gasteiger partial charge on any atom is 0.416 e. The number of hydrogen-bond donors (Lipinski definition) is 1. The molecule has 0 bridgehead atoms. The number of alkyl halides is 6. The molecule has 4 aromatic rings. The highest BCUT2D eigenvalue weighted by Gasteiger charge is 2.47. The van der Waals surface area contributed by atoms with E-state index < -0.39 is 53.8 Å². The minimum absolute atomic E-state index is 0.0103. The summed E-state index contributed by atoms with van der Waals surface area (Å²) in [5, 5.41) is 0. The van der Waals surface area contributed by atoms with Crippen LogP contribution in [0.25, 0.3) is 0 Å². The summed E-state index contributed by atoms with van der Waals surface area (Å²) in [5.41, 5.74) is -0.934. The predicted molar refractivity (Wildman–Crippen MR) is 174 cm³/mol. The number of carbonyl (C=O) groups is 3. The minimum Gasteiger partial charge on any atom is -0.497 e. The molecule has 2 saturated heterocycles. The molecule has 52 heavy (non-hydrogen) atoms. The van der Waals surface area contributed by atoms with Crippen LogP contribution in [-0.2, 0) is 46.3 Å². The standard InChI is InChI=1S/C32H29F6N3O5.C4H6N2/c1-45-26-9-7-20(8-10-26)11-23-16-41(27-17-39(15-21-5-3-2-4-6-21)28(42)18-40(27)29(23)43)30(44)46-19-22-12-24(31(33,34)35)14-25(13-22)32(36,37)38;1-4-2-5-3-6-4/h2-10,12-14,23,27H,11,15-19H2,1H3;2-3H,1H3,(H,5,6). The Bertz CT molecular complexity index is 1800. The van der Waals surface area contributed by atoms with Gasteiger partial charge in [-0.3, -0.25) is 14.5 Å². The Labute approximate surface area is 294 Å². The molecule has 3 aromatic carbocycles. The van der Waals surface area contributed by atoms with Gasteiger partial charge < -0.3 is 24.3 Å². The van der Waals surface area contributed by atoms with Gasteiger partial charge in [0.15, 0.2) is 0 Å². The van der Waals surface area contributed by atoms with Crippen LogP contribution < -0.4 is 4.74 Å². The summed E-state index contributed by atoms with van der Waals surface area (Å²) in [7, 11) is 1.50. The van der Waals surface area contributed by atoms with Gasteiger partial charge in [-0.1, -0.05) is 42.5 Å². The second-order valence-corrected chi connectivity index (χ2v) is 12.3. The third-order valence-electron chi connectivity index (χ3n) is 8.55. The minimum atomic E-state index is -5.07. The number of nitrogens with zero attached hydrogens (tertiary/aromatic N) is 4. The molecule has 6 rings (SSSR count). The molecule has 1 aromatic heterocycles. The molecule has 2 atom stereocenters. The van der Waals surface area contributed by atoms with Crippen molar-refractivity contribution in [3.8, 4) is 5.75 Å². The van der Waals surface area contributed by atoms with E-state index in [0.717, 1.165) is 16.8 Å².